The Labute approximate surface area is 93.2 Å². The number of hydrogen-bond acceptors (Lipinski definition) is 4. The Kier molecular flexibility index (Phi) is 2.79. The number of aromatic nitrogens is 2. The zero-order valence-corrected chi connectivity index (χ0v) is 8.64. The highest BCUT2D eigenvalue weighted by atomic mass is 15.1. The van der Waals surface area contributed by atoms with Crippen LogP contribution in [0.15, 0.2) is 36.9 Å². The van der Waals surface area contributed by atoms with Gasteiger partial charge in [0.15, 0.2) is 5.69 Å². The molecule has 4 heteroatoms. The third kappa shape index (κ3) is 1.71. The second kappa shape index (κ2) is 4.41. The van der Waals surface area contributed by atoms with E-state index in [2.05, 4.69) is 22.1 Å². The standard InChI is InChI=1S/C12H10N4/c1-2-7-14-12-9-5-3-4-6-10(9)15-16-11(12)8-13/h2-6H,1,7H2,(H,14,15). The van der Waals surface area contributed by atoms with E-state index < -0.39 is 0 Å². The first-order chi connectivity index (χ1) is 7.86. The molecule has 0 radical (unpaired) electrons. The van der Waals surface area contributed by atoms with Crippen molar-refractivity contribution in [1.29, 1.82) is 5.26 Å². The molecule has 0 fully saturated rings. The Hall–Kier alpha value is -2.41. The Morgan fingerprint density at radius 3 is 2.94 bits per heavy atom. The molecule has 0 saturated heterocycles. The molecular formula is C12H10N4. The molecule has 1 aromatic heterocycles. The first-order valence-corrected chi connectivity index (χ1v) is 4.87. The van der Waals surface area contributed by atoms with Crippen LogP contribution >= 0.6 is 0 Å². The van der Waals surface area contributed by atoms with Crippen LogP contribution < -0.4 is 5.32 Å². The summed E-state index contributed by atoms with van der Waals surface area (Å²) in [5.41, 5.74) is 1.79. The summed E-state index contributed by atoms with van der Waals surface area (Å²) < 4.78 is 0. The Morgan fingerprint density at radius 1 is 1.38 bits per heavy atom. The first kappa shape index (κ1) is 10.1. The van der Waals surface area contributed by atoms with Crippen molar-refractivity contribution in [3.05, 3.63) is 42.6 Å². The van der Waals surface area contributed by atoms with Gasteiger partial charge >= 0.3 is 0 Å². The first-order valence-electron chi connectivity index (χ1n) is 4.87. The van der Waals surface area contributed by atoms with Crippen LogP contribution in [0.2, 0.25) is 0 Å². The van der Waals surface area contributed by atoms with Crippen molar-refractivity contribution in [2.45, 2.75) is 0 Å². The number of anilines is 1. The third-order valence-corrected chi connectivity index (χ3v) is 2.20. The van der Waals surface area contributed by atoms with Gasteiger partial charge in [-0.25, -0.2) is 0 Å². The minimum Gasteiger partial charge on any atom is -0.379 e. The second-order valence-corrected chi connectivity index (χ2v) is 3.22. The molecular weight excluding hydrogens is 200 g/mol. The number of benzene rings is 1. The van der Waals surface area contributed by atoms with Gasteiger partial charge in [0.1, 0.15) is 6.07 Å². The topological polar surface area (TPSA) is 61.6 Å². The lowest BCUT2D eigenvalue weighted by atomic mass is 10.1. The van der Waals surface area contributed by atoms with Crippen molar-refractivity contribution in [3.8, 4) is 6.07 Å². The summed E-state index contributed by atoms with van der Waals surface area (Å²) in [7, 11) is 0. The van der Waals surface area contributed by atoms with Crippen LogP contribution in [-0.4, -0.2) is 16.7 Å². The Morgan fingerprint density at radius 2 is 2.19 bits per heavy atom. The van der Waals surface area contributed by atoms with Crippen LogP contribution in [0, 0.1) is 11.3 Å². The number of hydrogen-bond donors (Lipinski definition) is 1. The van der Waals surface area contributed by atoms with Crippen molar-refractivity contribution in [1.82, 2.24) is 10.2 Å². The summed E-state index contributed by atoms with van der Waals surface area (Å²) in [6.45, 7) is 4.22. The molecule has 0 bridgehead atoms. The minimum absolute atomic E-state index is 0.306. The molecule has 0 aliphatic rings. The van der Waals surface area contributed by atoms with Crippen LogP contribution in [0.4, 0.5) is 5.69 Å². The summed E-state index contributed by atoms with van der Waals surface area (Å²) in [4.78, 5) is 0. The smallest absolute Gasteiger partial charge is 0.186 e. The van der Waals surface area contributed by atoms with E-state index in [0.29, 0.717) is 17.9 Å². The van der Waals surface area contributed by atoms with E-state index in [0.717, 1.165) is 10.9 Å². The Bertz CT molecular complexity index is 569. The highest BCUT2D eigenvalue weighted by molar-refractivity contribution is 5.92. The quantitative estimate of drug-likeness (QED) is 0.788. The van der Waals surface area contributed by atoms with Gasteiger partial charge in [-0.2, -0.15) is 5.26 Å². The summed E-state index contributed by atoms with van der Waals surface area (Å²) in [6.07, 6.45) is 1.73. The Balaban J connectivity index is 2.64. The van der Waals surface area contributed by atoms with E-state index in [1.165, 1.54) is 0 Å². The van der Waals surface area contributed by atoms with E-state index in [1.807, 2.05) is 30.3 Å². The predicted octanol–water partition coefficient (Wildman–Crippen LogP) is 2.10. The number of nitrogens with zero attached hydrogens (tertiary/aromatic N) is 3. The van der Waals surface area contributed by atoms with Crippen LogP contribution in [0.1, 0.15) is 5.69 Å². The molecule has 1 heterocycles. The summed E-state index contributed by atoms with van der Waals surface area (Å²) in [6, 6.07) is 9.60. The second-order valence-electron chi connectivity index (χ2n) is 3.22. The largest absolute Gasteiger partial charge is 0.379 e. The van der Waals surface area contributed by atoms with Crippen molar-refractivity contribution in [2.24, 2.45) is 0 Å². The van der Waals surface area contributed by atoms with Crippen molar-refractivity contribution >= 4 is 16.6 Å². The maximum absolute atomic E-state index is 8.96. The fourth-order valence-electron chi connectivity index (χ4n) is 1.49. The van der Waals surface area contributed by atoms with Gasteiger partial charge in [0.25, 0.3) is 0 Å². The number of nitrogens with one attached hydrogen (secondary N) is 1. The molecule has 2 aromatic rings. The van der Waals surface area contributed by atoms with Crippen LogP contribution in [0.3, 0.4) is 0 Å². The molecule has 0 amide bonds. The SMILES string of the molecule is C=CCNc1c(C#N)nnc2ccccc12. The van der Waals surface area contributed by atoms with Gasteiger partial charge in [-0.15, -0.1) is 16.8 Å². The average molecular weight is 210 g/mol. The molecule has 0 unspecified atom stereocenters. The molecule has 0 aliphatic carbocycles. The highest BCUT2D eigenvalue weighted by Crippen LogP contribution is 2.23. The summed E-state index contributed by atoms with van der Waals surface area (Å²) >= 11 is 0. The number of fused-ring (bicyclic) bond motifs is 1. The molecule has 4 nitrogen and oxygen atoms in total. The maximum Gasteiger partial charge on any atom is 0.186 e. The van der Waals surface area contributed by atoms with Crippen LogP contribution in [0.25, 0.3) is 10.9 Å². The van der Waals surface area contributed by atoms with Gasteiger partial charge in [0.05, 0.1) is 11.2 Å². The van der Waals surface area contributed by atoms with E-state index in [4.69, 9.17) is 5.26 Å². The molecule has 0 atom stereocenters. The molecule has 1 aromatic carbocycles. The maximum atomic E-state index is 8.96. The molecule has 0 spiro atoms. The van der Waals surface area contributed by atoms with Crippen molar-refractivity contribution in [3.63, 3.8) is 0 Å². The summed E-state index contributed by atoms with van der Waals surface area (Å²) in [5, 5.41) is 20.8. The van der Waals surface area contributed by atoms with Crippen molar-refractivity contribution in [2.75, 3.05) is 11.9 Å². The lowest BCUT2D eigenvalue weighted by Gasteiger charge is -2.07. The summed E-state index contributed by atoms with van der Waals surface area (Å²) in [5.74, 6) is 0. The van der Waals surface area contributed by atoms with Crippen LogP contribution in [-0.2, 0) is 0 Å². The van der Waals surface area contributed by atoms with Gasteiger partial charge in [-0.3, -0.25) is 0 Å². The van der Waals surface area contributed by atoms with Gasteiger partial charge in [-0.05, 0) is 6.07 Å². The zero-order chi connectivity index (χ0) is 11.4. The van der Waals surface area contributed by atoms with Crippen molar-refractivity contribution < 1.29 is 0 Å². The third-order valence-electron chi connectivity index (χ3n) is 2.20. The van der Waals surface area contributed by atoms with E-state index in [9.17, 15) is 0 Å². The highest BCUT2D eigenvalue weighted by Gasteiger charge is 2.08. The average Bonchev–Trinajstić information content (AvgIpc) is 2.35. The van der Waals surface area contributed by atoms with E-state index in [-0.39, 0.29) is 0 Å². The fraction of sp³-hybridized carbons (Fsp3) is 0.0833. The van der Waals surface area contributed by atoms with Gasteiger partial charge in [0.2, 0.25) is 0 Å². The molecule has 78 valence electrons. The van der Waals surface area contributed by atoms with Gasteiger partial charge in [0, 0.05) is 11.9 Å². The molecule has 0 saturated carbocycles. The van der Waals surface area contributed by atoms with Crippen LogP contribution in [0.5, 0.6) is 0 Å². The number of rotatable bonds is 3. The normalized spacial score (nSPS) is 9.69. The van der Waals surface area contributed by atoms with E-state index in [1.54, 1.807) is 6.08 Å². The lowest BCUT2D eigenvalue weighted by molar-refractivity contribution is 1.05. The fourth-order valence-corrected chi connectivity index (χ4v) is 1.49. The minimum atomic E-state index is 0.306. The zero-order valence-electron chi connectivity index (χ0n) is 8.64. The van der Waals surface area contributed by atoms with Gasteiger partial charge < -0.3 is 5.32 Å². The van der Waals surface area contributed by atoms with Gasteiger partial charge in [-0.1, -0.05) is 24.3 Å². The molecule has 2 rings (SSSR count). The predicted molar refractivity (Wildman–Crippen MR) is 62.9 cm³/mol. The van der Waals surface area contributed by atoms with E-state index >= 15 is 0 Å². The number of nitriles is 1. The monoisotopic (exact) mass is 210 g/mol. The molecule has 16 heavy (non-hydrogen) atoms. The molecule has 0 aliphatic heterocycles. The molecule has 1 N–H and O–H groups in total. The lowest BCUT2D eigenvalue weighted by Crippen LogP contribution is -2.04.